The fourth-order valence-corrected chi connectivity index (χ4v) is 2.42. The number of hydrogen-bond donors (Lipinski definition) is 0. The summed E-state index contributed by atoms with van der Waals surface area (Å²) >= 11 is 5.92. The van der Waals surface area contributed by atoms with Gasteiger partial charge in [-0.1, -0.05) is 11.6 Å². The van der Waals surface area contributed by atoms with Gasteiger partial charge in [0.1, 0.15) is 18.7 Å². The predicted molar refractivity (Wildman–Crippen MR) is 69.8 cm³/mol. The summed E-state index contributed by atoms with van der Waals surface area (Å²) in [5, 5.41) is 4.05. The van der Waals surface area contributed by atoms with E-state index >= 15 is 0 Å². The molecule has 0 N–H and O–H groups in total. The summed E-state index contributed by atoms with van der Waals surface area (Å²) in [5.74, 6) is 0.957. The van der Waals surface area contributed by atoms with Crippen LogP contribution in [0.1, 0.15) is 5.82 Å². The van der Waals surface area contributed by atoms with Gasteiger partial charge in [0.05, 0.1) is 9.92 Å². The van der Waals surface area contributed by atoms with E-state index in [9.17, 15) is 8.42 Å². The van der Waals surface area contributed by atoms with E-state index in [1.165, 1.54) is 24.5 Å². The molecule has 1 aromatic heterocycles. The van der Waals surface area contributed by atoms with Crippen molar-refractivity contribution < 1.29 is 13.2 Å². The van der Waals surface area contributed by atoms with Crippen molar-refractivity contribution >= 4 is 31.3 Å². The highest BCUT2D eigenvalue weighted by Crippen LogP contribution is 2.29. The van der Waals surface area contributed by atoms with E-state index in [4.69, 9.17) is 27.0 Å². The molecule has 1 aromatic carbocycles. The third-order valence-electron chi connectivity index (χ3n) is 2.35. The third kappa shape index (κ3) is 3.37. The molecule has 2 rings (SSSR count). The molecule has 0 amide bonds. The first-order valence-corrected chi connectivity index (χ1v) is 7.76. The van der Waals surface area contributed by atoms with Crippen molar-refractivity contribution in [3.05, 3.63) is 35.4 Å². The summed E-state index contributed by atoms with van der Waals surface area (Å²) in [6, 6.07) is 3.99. The Morgan fingerprint density at radius 1 is 1.42 bits per heavy atom. The van der Waals surface area contributed by atoms with Crippen LogP contribution in [0.5, 0.6) is 5.75 Å². The lowest BCUT2D eigenvalue weighted by atomic mass is 10.3. The van der Waals surface area contributed by atoms with Crippen molar-refractivity contribution in [1.82, 2.24) is 14.8 Å². The van der Waals surface area contributed by atoms with Gasteiger partial charge < -0.3 is 4.74 Å². The number of benzene rings is 1. The molecule has 0 aliphatic heterocycles. The molecule has 0 radical (unpaired) electrons. The quantitative estimate of drug-likeness (QED) is 0.805. The molecular formula is C10H9Cl2N3O3S. The van der Waals surface area contributed by atoms with Crippen LogP contribution in [0.3, 0.4) is 0 Å². The number of hydrogen-bond acceptors (Lipinski definition) is 5. The van der Waals surface area contributed by atoms with Crippen LogP contribution < -0.4 is 4.74 Å². The molecule has 19 heavy (non-hydrogen) atoms. The van der Waals surface area contributed by atoms with Crippen molar-refractivity contribution in [2.45, 2.75) is 11.5 Å². The Hall–Kier alpha value is -1.31. The summed E-state index contributed by atoms with van der Waals surface area (Å²) in [5.41, 5.74) is 0. The van der Waals surface area contributed by atoms with Gasteiger partial charge in [0.2, 0.25) is 0 Å². The number of ether oxygens (including phenoxy) is 1. The lowest BCUT2D eigenvalue weighted by molar-refractivity contribution is 0.290. The van der Waals surface area contributed by atoms with Crippen LogP contribution in [0.15, 0.2) is 29.4 Å². The molecule has 6 nitrogen and oxygen atoms in total. The summed E-state index contributed by atoms with van der Waals surface area (Å²) in [7, 11) is 3.14. The molecular weight excluding hydrogens is 313 g/mol. The number of rotatable bonds is 4. The SMILES string of the molecule is Cn1ncnc1COc1ccc(S(=O)(=O)Cl)cc1Cl. The molecule has 0 aliphatic rings. The van der Waals surface area contributed by atoms with Gasteiger partial charge in [0.25, 0.3) is 9.05 Å². The second-order valence-electron chi connectivity index (χ2n) is 3.62. The standard InChI is InChI=1S/C10H9Cl2N3O3S/c1-15-10(13-6-14-15)5-18-9-3-2-7(4-8(9)11)19(12,16)17/h2-4,6H,5H2,1H3. The zero-order valence-corrected chi connectivity index (χ0v) is 12.1. The minimum atomic E-state index is -3.80. The molecule has 0 aliphatic carbocycles. The molecule has 0 spiro atoms. The summed E-state index contributed by atoms with van der Waals surface area (Å²) in [4.78, 5) is 3.91. The van der Waals surface area contributed by atoms with Crippen LogP contribution in [0.4, 0.5) is 0 Å². The Bertz CT molecular complexity index is 700. The van der Waals surface area contributed by atoms with Gasteiger partial charge in [-0.05, 0) is 18.2 Å². The van der Waals surface area contributed by atoms with E-state index in [1.807, 2.05) is 0 Å². The van der Waals surface area contributed by atoms with Gasteiger partial charge in [-0.15, -0.1) is 0 Å². The zero-order chi connectivity index (χ0) is 14.0. The summed E-state index contributed by atoms with van der Waals surface area (Å²) < 4.78 is 29.3. The Morgan fingerprint density at radius 2 is 2.16 bits per heavy atom. The van der Waals surface area contributed by atoms with Gasteiger partial charge in [-0.25, -0.2) is 13.4 Å². The fourth-order valence-electron chi connectivity index (χ4n) is 1.34. The first-order valence-electron chi connectivity index (χ1n) is 5.08. The molecule has 0 atom stereocenters. The largest absolute Gasteiger partial charge is 0.484 e. The molecule has 2 aromatic rings. The maximum absolute atomic E-state index is 11.1. The minimum Gasteiger partial charge on any atom is -0.484 e. The molecule has 1 heterocycles. The first-order chi connectivity index (χ1) is 8.88. The van der Waals surface area contributed by atoms with E-state index in [2.05, 4.69) is 10.1 Å². The van der Waals surface area contributed by atoms with Gasteiger partial charge in [-0.3, -0.25) is 4.68 Å². The molecule has 102 valence electrons. The Kier molecular flexibility index (Phi) is 3.98. The molecule has 0 unspecified atom stereocenters. The fraction of sp³-hybridized carbons (Fsp3) is 0.200. The highest BCUT2D eigenvalue weighted by molar-refractivity contribution is 8.13. The van der Waals surface area contributed by atoms with Crippen molar-refractivity contribution in [3.63, 3.8) is 0 Å². The highest BCUT2D eigenvalue weighted by atomic mass is 35.7. The van der Waals surface area contributed by atoms with Crippen LogP contribution in [-0.2, 0) is 22.7 Å². The summed E-state index contributed by atoms with van der Waals surface area (Å²) in [6.07, 6.45) is 1.41. The maximum atomic E-state index is 11.1. The monoisotopic (exact) mass is 321 g/mol. The zero-order valence-electron chi connectivity index (χ0n) is 9.75. The normalized spacial score (nSPS) is 11.5. The van der Waals surface area contributed by atoms with E-state index in [-0.39, 0.29) is 16.5 Å². The van der Waals surface area contributed by atoms with E-state index in [0.717, 1.165) is 0 Å². The van der Waals surface area contributed by atoms with Crippen LogP contribution in [0.25, 0.3) is 0 Å². The Balaban J connectivity index is 2.16. The highest BCUT2D eigenvalue weighted by Gasteiger charge is 2.13. The Labute approximate surface area is 119 Å². The van der Waals surface area contributed by atoms with Gasteiger partial charge >= 0.3 is 0 Å². The van der Waals surface area contributed by atoms with Crippen molar-refractivity contribution in [1.29, 1.82) is 0 Å². The lowest BCUT2D eigenvalue weighted by Gasteiger charge is -2.08. The molecule has 0 fully saturated rings. The Morgan fingerprint density at radius 3 is 2.68 bits per heavy atom. The van der Waals surface area contributed by atoms with E-state index in [1.54, 1.807) is 11.7 Å². The predicted octanol–water partition coefficient (Wildman–Crippen LogP) is 1.98. The van der Waals surface area contributed by atoms with Crippen LogP contribution in [0, 0.1) is 0 Å². The van der Waals surface area contributed by atoms with Crippen molar-refractivity contribution in [2.75, 3.05) is 0 Å². The van der Waals surface area contributed by atoms with Gasteiger partial charge in [0, 0.05) is 17.7 Å². The van der Waals surface area contributed by atoms with Crippen molar-refractivity contribution in [2.24, 2.45) is 7.05 Å². The van der Waals surface area contributed by atoms with Crippen LogP contribution >= 0.6 is 22.3 Å². The average Bonchev–Trinajstić information content (AvgIpc) is 2.72. The van der Waals surface area contributed by atoms with E-state index in [0.29, 0.717) is 11.6 Å². The summed E-state index contributed by atoms with van der Waals surface area (Å²) in [6.45, 7) is 0.170. The molecule has 0 bridgehead atoms. The van der Waals surface area contributed by atoms with Crippen LogP contribution in [-0.4, -0.2) is 23.2 Å². The molecule has 0 saturated heterocycles. The smallest absolute Gasteiger partial charge is 0.261 e. The average molecular weight is 322 g/mol. The maximum Gasteiger partial charge on any atom is 0.261 e. The minimum absolute atomic E-state index is 0.0785. The second-order valence-corrected chi connectivity index (χ2v) is 6.59. The second kappa shape index (κ2) is 5.36. The first kappa shape index (κ1) is 14.1. The van der Waals surface area contributed by atoms with E-state index < -0.39 is 9.05 Å². The lowest BCUT2D eigenvalue weighted by Crippen LogP contribution is -2.04. The molecule has 9 heteroatoms. The number of halogens is 2. The molecule has 0 saturated carbocycles. The van der Waals surface area contributed by atoms with Crippen molar-refractivity contribution in [3.8, 4) is 5.75 Å². The number of aryl methyl sites for hydroxylation is 1. The topological polar surface area (TPSA) is 74.1 Å². The van der Waals surface area contributed by atoms with Gasteiger partial charge in [-0.2, -0.15) is 5.10 Å². The third-order valence-corrected chi connectivity index (χ3v) is 3.99. The van der Waals surface area contributed by atoms with Crippen LogP contribution in [0.2, 0.25) is 5.02 Å². The number of nitrogens with zero attached hydrogens (tertiary/aromatic N) is 3. The number of aromatic nitrogens is 3. The van der Waals surface area contributed by atoms with Gasteiger partial charge in [0.15, 0.2) is 5.82 Å².